The number of hydrogen-bond acceptors (Lipinski definition) is 1. The molecule has 0 bridgehead atoms. The predicted molar refractivity (Wildman–Crippen MR) is 69.8 cm³/mol. The molecule has 0 saturated carbocycles. The van der Waals surface area contributed by atoms with E-state index < -0.39 is 0 Å². The predicted octanol–water partition coefficient (Wildman–Crippen LogP) is 4.34. The molecule has 1 aromatic rings. The Bertz CT molecular complexity index is 276. The maximum atomic E-state index is 6.05. The fraction of sp³-hybridized carbons (Fsp3) is 0.500. The normalized spacial score (nSPS) is 11.9. The van der Waals surface area contributed by atoms with Gasteiger partial charge in [0.25, 0.3) is 0 Å². The largest absolute Gasteiger partial charge is 0.324 e. The van der Waals surface area contributed by atoms with Gasteiger partial charge in [-0.2, -0.15) is 0 Å². The highest BCUT2D eigenvalue weighted by Crippen LogP contribution is 2.24. The van der Waals surface area contributed by atoms with Crippen LogP contribution in [0.25, 0.3) is 0 Å². The summed E-state index contributed by atoms with van der Waals surface area (Å²) < 4.78 is 0. The van der Waals surface area contributed by atoms with Crippen molar-refractivity contribution >= 4 is 24.0 Å². The van der Waals surface area contributed by atoms with Gasteiger partial charge in [-0.05, 0) is 18.1 Å². The zero-order valence-electron chi connectivity index (χ0n) is 9.08. The Balaban J connectivity index is 0.00000196. The fourth-order valence-electron chi connectivity index (χ4n) is 1.55. The molecule has 2 N–H and O–H groups in total. The van der Waals surface area contributed by atoms with Gasteiger partial charge in [0.15, 0.2) is 0 Å². The van der Waals surface area contributed by atoms with Crippen molar-refractivity contribution in [2.24, 2.45) is 5.73 Å². The molecule has 1 nitrogen and oxygen atoms in total. The van der Waals surface area contributed by atoms with E-state index in [4.69, 9.17) is 17.3 Å². The van der Waals surface area contributed by atoms with E-state index in [2.05, 4.69) is 6.92 Å². The number of rotatable bonds is 5. The summed E-state index contributed by atoms with van der Waals surface area (Å²) in [6.07, 6.45) is 4.69. The highest BCUT2D eigenvalue weighted by atomic mass is 35.5. The van der Waals surface area contributed by atoms with Gasteiger partial charge in [0, 0.05) is 11.1 Å². The topological polar surface area (TPSA) is 26.0 Å². The van der Waals surface area contributed by atoms with Crippen LogP contribution in [0.1, 0.15) is 44.2 Å². The first-order valence-corrected chi connectivity index (χ1v) is 5.63. The summed E-state index contributed by atoms with van der Waals surface area (Å²) in [5.41, 5.74) is 7.13. The van der Waals surface area contributed by atoms with Gasteiger partial charge in [0.2, 0.25) is 0 Å². The summed E-state index contributed by atoms with van der Waals surface area (Å²) in [5.74, 6) is 0. The number of halogens is 2. The van der Waals surface area contributed by atoms with Crippen molar-refractivity contribution in [3.63, 3.8) is 0 Å². The minimum Gasteiger partial charge on any atom is -0.324 e. The van der Waals surface area contributed by atoms with Gasteiger partial charge < -0.3 is 5.73 Å². The van der Waals surface area contributed by atoms with Crippen LogP contribution in [0, 0.1) is 0 Å². The van der Waals surface area contributed by atoms with Crippen LogP contribution in [0.3, 0.4) is 0 Å². The Labute approximate surface area is 103 Å². The lowest BCUT2D eigenvalue weighted by molar-refractivity contribution is 0.581. The molecule has 0 fully saturated rings. The van der Waals surface area contributed by atoms with Crippen LogP contribution in [0.4, 0.5) is 0 Å². The van der Waals surface area contributed by atoms with E-state index >= 15 is 0 Å². The molecule has 0 spiro atoms. The second-order valence-electron chi connectivity index (χ2n) is 3.62. The summed E-state index contributed by atoms with van der Waals surface area (Å²) in [4.78, 5) is 0. The maximum Gasteiger partial charge on any atom is 0.0453 e. The SMILES string of the molecule is CCCCCC(N)c1ccccc1Cl.Cl. The van der Waals surface area contributed by atoms with E-state index in [9.17, 15) is 0 Å². The molecule has 15 heavy (non-hydrogen) atoms. The smallest absolute Gasteiger partial charge is 0.0453 e. The molecule has 0 radical (unpaired) electrons. The van der Waals surface area contributed by atoms with Crippen molar-refractivity contribution in [3.05, 3.63) is 34.9 Å². The number of hydrogen-bond donors (Lipinski definition) is 1. The average molecular weight is 248 g/mol. The van der Waals surface area contributed by atoms with Crippen LogP contribution in [0.5, 0.6) is 0 Å². The lowest BCUT2D eigenvalue weighted by Gasteiger charge is -2.12. The van der Waals surface area contributed by atoms with Crippen molar-refractivity contribution < 1.29 is 0 Å². The van der Waals surface area contributed by atoms with Crippen LogP contribution in [-0.2, 0) is 0 Å². The minimum absolute atomic E-state index is 0. The molecule has 1 rings (SSSR count). The zero-order chi connectivity index (χ0) is 10.4. The Morgan fingerprint density at radius 2 is 1.93 bits per heavy atom. The second-order valence-corrected chi connectivity index (χ2v) is 4.03. The molecule has 1 atom stereocenters. The van der Waals surface area contributed by atoms with Crippen LogP contribution in [0.15, 0.2) is 24.3 Å². The van der Waals surface area contributed by atoms with Crippen molar-refractivity contribution in [3.8, 4) is 0 Å². The fourth-order valence-corrected chi connectivity index (χ4v) is 1.82. The summed E-state index contributed by atoms with van der Waals surface area (Å²) >= 11 is 6.05. The molecule has 0 aliphatic heterocycles. The van der Waals surface area contributed by atoms with Gasteiger partial charge in [-0.1, -0.05) is 56.0 Å². The Morgan fingerprint density at radius 1 is 1.27 bits per heavy atom. The lowest BCUT2D eigenvalue weighted by atomic mass is 10.0. The zero-order valence-corrected chi connectivity index (χ0v) is 10.7. The van der Waals surface area contributed by atoms with E-state index in [1.54, 1.807) is 0 Å². The van der Waals surface area contributed by atoms with Crippen molar-refractivity contribution in [1.29, 1.82) is 0 Å². The first-order valence-electron chi connectivity index (χ1n) is 5.25. The summed E-state index contributed by atoms with van der Waals surface area (Å²) in [6.45, 7) is 2.20. The molecule has 3 heteroatoms. The molecule has 86 valence electrons. The minimum atomic E-state index is 0. The maximum absolute atomic E-state index is 6.05. The third kappa shape index (κ3) is 4.87. The van der Waals surface area contributed by atoms with E-state index in [-0.39, 0.29) is 18.4 Å². The van der Waals surface area contributed by atoms with E-state index in [0.29, 0.717) is 0 Å². The summed E-state index contributed by atoms with van der Waals surface area (Å²) in [6, 6.07) is 7.93. The number of nitrogens with two attached hydrogens (primary N) is 1. The molecule has 0 heterocycles. The van der Waals surface area contributed by atoms with Crippen LogP contribution in [-0.4, -0.2) is 0 Å². The van der Waals surface area contributed by atoms with Crippen LogP contribution < -0.4 is 5.73 Å². The van der Waals surface area contributed by atoms with Crippen molar-refractivity contribution in [2.45, 2.75) is 38.6 Å². The first kappa shape index (κ1) is 14.8. The number of benzene rings is 1. The van der Waals surface area contributed by atoms with Gasteiger partial charge in [0.05, 0.1) is 0 Å². The van der Waals surface area contributed by atoms with Crippen LogP contribution in [0.2, 0.25) is 5.02 Å². The van der Waals surface area contributed by atoms with Gasteiger partial charge >= 0.3 is 0 Å². The van der Waals surface area contributed by atoms with E-state index in [1.807, 2.05) is 24.3 Å². The Hall–Kier alpha value is -0.240. The standard InChI is InChI=1S/C12H18ClN.ClH/c1-2-3-4-9-12(14)10-7-5-6-8-11(10)13;/h5-8,12H,2-4,9,14H2,1H3;1H. The van der Waals surface area contributed by atoms with Crippen molar-refractivity contribution in [1.82, 2.24) is 0 Å². The molecular formula is C12H19Cl2N. The van der Waals surface area contributed by atoms with Crippen LogP contribution >= 0.6 is 24.0 Å². The van der Waals surface area contributed by atoms with Crippen molar-refractivity contribution in [2.75, 3.05) is 0 Å². The van der Waals surface area contributed by atoms with E-state index in [1.165, 1.54) is 19.3 Å². The molecule has 0 saturated heterocycles. The quantitative estimate of drug-likeness (QED) is 0.770. The third-order valence-electron chi connectivity index (χ3n) is 2.42. The molecule has 0 aromatic heterocycles. The van der Waals surface area contributed by atoms with Gasteiger partial charge in [-0.25, -0.2) is 0 Å². The molecule has 1 unspecified atom stereocenters. The highest BCUT2D eigenvalue weighted by Gasteiger charge is 2.08. The van der Waals surface area contributed by atoms with Gasteiger partial charge in [0.1, 0.15) is 0 Å². The second kappa shape index (κ2) is 7.98. The average Bonchev–Trinajstić information content (AvgIpc) is 2.18. The van der Waals surface area contributed by atoms with Gasteiger partial charge in [-0.3, -0.25) is 0 Å². The number of unbranched alkanes of at least 4 members (excludes halogenated alkanes) is 2. The summed E-state index contributed by atoms with van der Waals surface area (Å²) in [7, 11) is 0. The molecule has 0 aliphatic carbocycles. The summed E-state index contributed by atoms with van der Waals surface area (Å²) in [5, 5.41) is 0.788. The Kier molecular flexibility index (Phi) is 7.85. The molecule has 0 aliphatic rings. The monoisotopic (exact) mass is 247 g/mol. The lowest BCUT2D eigenvalue weighted by Crippen LogP contribution is -2.10. The molecule has 0 amide bonds. The van der Waals surface area contributed by atoms with Gasteiger partial charge in [-0.15, -0.1) is 12.4 Å². The molecular weight excluding hydrogens is 229 g/mol. The Morgan fingerprint density at radius 3 is 2.53 bits per heavy atom. The molecule has 1 aromatic carbocycles. The first-order chi connectivity index (χ1) is 6.75. The van der Waals surface area contributed by atoms with E-state index in [0.717, 1.165) is 17.0 Å². The highest BCUT2D eigenvalue weighted by molar-refractivity contribution is 6.31. The third-order valence-corrected chi connectivity index (χ3v) is 2.77.